The predicted octanol–water partition coefficient (Wildman–Crippen LogP) is 0.728. The molecule has 2 unspecified atom stereocenters. The maximum absolute atomic E-state index is 11.1. The second kappa shape index (κ2) is 5.07. The van der Waals surface area contributed by atoms with Gasteiger partial charge in [0.05, 0.1) is 24.1 Å². The number of rotatable bonds is 3. The van der Waals surface area contributed by atoms with Crippen LogP contribution in [0.2, 0.25) is 0 Å². The zero-order valence-corrected chi connectivity index (χ0v) is 11.0. The molecule has 2 rings (SSSR count). The molecular formula is C12H19N3O3. The summed E-state index contributed by atoms with van der Waals surface area (Å²) >= 11 is 0. The van der Waals surface area contributed by atoms with Crippen molar-refractivity contribution in [2.75, 3.05) is 13.1 Å². The van der Waals surface area contributed by atoms with Gasteiger partial charge in [-0.05, 0) is 13.8 Å². The lowest BCUT2D eigenvalue weighted by Crippen LogP contribution is -2.45. The summed E-state index contributed by atoms with van der Waals surface area (Å²) < 4.78 is 7.30. The van der Waals surface area contributed by atoms with Gasteiger partial charge in [0, 0.05) is 26.7 Å². The lowest BCUT2D eigenvalue weighted by molar-refractivity contribution is -0.0710. The highest BCUT2D eigenvalue weighted by Gasteiger charge is 2.25. The average Bonchev–Trinajstić information content (AvgIpc) is 2.59. The predicted molar refractivity (Wildman–Crippen MR) is 65.5 cm³/mol. The first-order chi connectivity index (χ1) is 8.47. The van der Waals surface area contributed by atoms with E-state index < -0.39 is 5.97 Å². The number of aromatic carboxylic acids is 1. The Hall–Kier alpha value is -1.40. The molecule has 2 atom stereocenters. The van der Waals surface area contributed by atoms with Gasteiger partial charge in [0.15, 0.2) is 0 Å². The van der Waals surface area contributed by atoms with E-state index in [2.05, 4.69) is 10.00 Å². The monoisotopic (exact) mass is 253 g/mol. The van der Waals surface area contributed by atoms with Crippen molar-refractivity contribution in [3.63, 3.8) is 0 Å². The van der Waals surface area contributed by atoms with E-state index in [-0.39, 0.29) is 17.8 Å². The molecule has 0 aliphatic carbocycles. The van der Waals surface area contributed by atoms with Gasteiger partial charge in [0.25, 0.3) is 0 Å². The normalized spacial score (nSPS) is 25.3. The first kappa shape index (κ1) is 13.0. The van der Waals surface area contributed by atoms with Crippen molar-refractivity contribution in [3.8, 4) is 0 Å². The zero-order valence-electron chi connectivity index (χ0n) is 11.0. The third-order valence-electron chi connectivity index (χ3n) is 3.16. The van der Waals surface area contributed by atoms with Crippen LogP contribution in [0.3, 0.4) is 0 Å². The lowest BCUT2D eigenvalue weighted by atomic mass is 10.2. The molecule has 1 aliphatic heterocycles. The van der Waals surface area contributed by atoms with Gasteiger partial charge in [-0.2, -0.15) is 5.10 Å². The molecular weight excluding hydrogens is 234 g/mol. The van der Waals surface area contributed by atoms with Crippen LogP contribution in [-0.2, 0) is 18.3 Å². The van der Waals surface area contributed by atoms with Gasteiger partial charge in [-0.1, -0.05) is 0 Å². The summed E-state index contributed by atoms with van der Waals surface area (Å²) in [6.45, 7) is 6.29. The standard InChI is InChI=1S/C12H19N3O3/c1-8-5-15(6-9(2)18-8)7-11-10(12(16)17)4-13-14(11)3/h4,8-9H,5-7H2,1-3H3,(H,16,17). The number of carboxylic acid groups (broad SMARTS) is 1. The summed E-state index contributed by atoms with van der Waals surface area (Å²) in [7, 11) is 1.77. The molecule has 6 nitrogen and oxygen atoms in total. The third kappa shape index (κ3) is 2.70. The molecule has 0 amide bonds. The van der Waals surface area contributed by atoms with Crippen LogP contribution in [0.1, 0.15) is 29.9 Å². The van der Waals surface area contributed by atoms with Crippen molar-refractivity contribution in [1.82, 2.24) is 14.7 Å². The van der Waals surface area contributed by atoms with Crippen molar-refractivity contribution < 1.29 is 14.6 Å². The maximum atomic E-state index is 11.1. The molecule has 2 heterocycles. The van der Waals surface area contributed by atoms with Crippen LogP contribution in [-0.4, -0.2) is 51.1 Å². The molecule has 1 aromatic rings. The van der Waals surface area contributed by atoms with Crippen molar-refractivity contribution in [2.24, 2.45) is 7.05 Å². The van der Waals surface area contributed by atoms with Gasteiger partial charge < -0.3 is 9.84 Å². The van der Waals surface area contributed by atoms with Crippen LogP contribution in [0.15, 0.2) is 6.20 Å². The van der Waals surface area contributed by atoms with E-state index in [1.165, 1.54) is 6.20 Å². The molecule has 18 heavy (non-hydrogen) atoms. The largest absolute Gasteiger partial charge is 0.478 e. The number of nitrogens with zero attached hydrogens (tertiary/aromatic N) is 3. The Morgan fingerprint density at radius 3 is 2.67 bits per heavy atom. The number of ether oxygens (including phenoxy) is 1. The topological polar surface area (TPSA) is 67.6 Å². The summed E-state index contributed by atoms with van der Waals surface area (Å²) in [4.78, 5) is 13.3. The highest BCUT2D eigenvalue weighted by molar-refractivity contribution is 5.88. The minimum Gasteiger partial charge on any atom is -0.478 e. The lowest BCUT2D eigenvalue weighted by Gasteiger charge is -2.35. The molecule has 6 heteroatoms. The Bertz CT molecular complexity index is 434. The molecule has 0 radical (unpaired) electrons. The fourth-order valence-electron chi connectivity index (χ4n) is 2.45. The fraction of sp³-hybridized carbons (Fsp3) is 0.667. The summed E-state index contributed by atoms with van der Waals surface area (Å²) in [6, 6.07) is 0. The van der Waals surface area contributed by atoms with Crippen LogP contribution in [0.5, 0.6) is 0 Å². The van der Waals surface area contributed by atoms with E-state index in [4.69, 9.17) is 9.84 Å². The molecule has 1 N–H and O–H groups in total. The second-order valence-corrected chi connectivity index (χ2v) is 4.89. The number of carboxylic acids is 1. The van der Waals surface area contributed by atoms with Gasteiger partial charge in [0.1, 0.15) is 5.56 Å². The zero-order chi connectivity index (χ0) is 13.3. The summed E-state index contributed by atoms with van der Waals surface area (Å²) in [5, 5.41) is 13.1. The minimum absolute atomic E-state index is 0.176. The summed E-state index contributed by atoms with van der Waals surface area (Å²) in [5.41, 5.74) is 1.02. The number of aromatic nitrogens is 2. The Kier molecular flexibility index (Phi) is 3.68. The van der Waals surface area contributed by atoms with Crippen molar-refractivity contribution in [1.29, 1.82) is 0 Å². The molecule has 1 fully saturated rings. The van der Waals surface area contributed by atoms with E-state index in [1.807, 2.05) is 13.8 Å². The Labute approximate surface area is 106 Å². The number of carbonyl (C=O) groups is 1. The van der Waals surface area contributed by atoms with Crippen LogP contribution in [0.4, 0.5) is 0 Å². The van der Waals surface area contributed by atoms with Crippen LogP contribution in [0, 0.1) is 0 Å². The molecule has 1 saturated heterocycles. The quantitative estimate of drug-likeness (QED) is 0.860. The highest BCUT2D eigenvalue weighted by Crippen LogP contribution is 2.16. The molecule has 0 spiro atoms. The third-order valence-corrected chi connectivity index (χ3v) is 3.16. The van der Waals surface area contributed by atoms with Gasteiger partial charge in [-0.25, -0.2) is 4.79 Å². The molecule has 1 aromatic heterocycles. The molecule has 0 saturated carbocycles. The van der Waals surface area contributed by atoms with Crippen molar-refractivity contribution in [3.05, 3.63) is 17.5 Å². The molecule has 100 valence electrons. The molecule has 0 bridgehead atoms. The Morgan fingerprint density at radius 2 is 2.11 bits per heavy atom. The Morgan fingerprint density at radius 1 is 1.50 bits per heavy atom. The van der Waals surface area contributed by atoms with E-state index in [0.29, 0.717) is 6.54 Å². The minimum atomic E-state index is -0.924. The van der Waals surface area contributed by atoms with Gasteiger partial charge in [-0.3, -0.25) is 9.58 Å². The first-order valence-corrected chi connectivity index (χ1v) is 6.09. The summed E-state index contributed by atoms with van der Waals surface area (Å²) in [6.07, 6.45) is 1.76. The fourth-order valence-corrected chi connectivity index (χ4v) is 2.45. The number of morpholine rings is 1. The highest BCUT2D eigenvalue weighted by atomic mass is 16.5. The first-order valence-electron chi connectivity index (χ1n) is 6.09. The van der Waals surface area contributed by atoms with Crippen LogP contribution < -0.4 is 0 Å². The maximum Gasteiger partial charge on any atom is 0.339 e. The van der Waals surface area contributed by atoms with Crippen LogP contribution in [0.25, 0.3) is 0 Å². The van der Waals surface area contributed by atoms with Crippen LogP contribution >= 0.6 is 0 Å². The van der Waals surface area contributed by atoms with E-state index in [1.54, 1.807) is 11.7 Å². The van der Waals surface area contributed by atoms with Crippen molar-refractivity contribution >= 4 is 5.97 Å². The average molecular weight is 253 g/mol. The van der Waals surface area contributed by atoms with Gasteiger partial charge in [-0.15, -0.1) is 0 Å². The van der Waals surface area contributed by atoms with Gasteiger partial charge in [0.2, 0.25) is 0 Å². The molecule has 0 aromatic carbocycles. The van der Waals surface area contributed by atoms with E-state index in [0.717, 1.165) is 18.8 Å². The Balaban J connectivity index is 2.13. The summed E-state index contributed by atoms with van der Waals surface area (Å²) in [5.74, 6) is -0.924. The van der Waals surface area contributed by atoms with Gasteiger partial charge >= 0.3 is 5.97 Å². The molecule has 1 aliphatic rings. The smallest absolute Gasteiger partial charge is 0.339 e. The number of hydrogen-bond donors (Lipinski definition) is 1. The van der Waals surface area contributed by atoms with Crippen molar-refractivity contribution in [2.45, 2.75) is 32.6 Å². The second-order valence-electron chi connectivity index (χ2n) is 4.89. The van der Waals surface area contributed by atoms with E-state index in [9.17, 15) is 4.79 Å². The SMILES string of the molecule is CC1CN(Cc2c(C(=O)O)cnn2C)CC(C)O1. The van der Waals surface area contributed by atoms with E-state index >= 15 is 0 Å². The number of aryl methyl sites for hydroxylation is 1. The number of hydrogen-bond acceptors (Lipinski definition) is 4.